The number of benzene rings is 1. The van der Waals surface area contributed by atoms with E-state index in [1.807, 2.05) is 0 Å². The van der Waals surface area contributed by atoms with Crippen molar-refractivity contribution in [3.63, 3.8) is 0 Å². The number of hydrogen-bond donors (Lipinski definition) is 2. The maximum atomic E-state index is 11.8. The first-order chi connectivity index (χ1) is 9.69. The van der Waals surface area contributed by atoms with Crippen LogP contribution in [0.5, 0.6) is 0 Å². The lowest BCUT2D eigenvalue weighted by molar-refractivity contribution is 0.0526. The quantitative estimate of drug-likeness (QED) is 0.831. The van der Waals surface area contributed by atoms with Gasteiger partial charge in [0, 0.05) is 18.7 Å². The van der Waals surface area contributed by atoms with Crippen LogP contribution >= 0.6 is 23.2 Å². The molecule has 0 aliphatic carbocycles. The Morgan fingerprint density at radius 1 is 1.10 bits per heavy atom. The molecular formula is C14H18Cl2N2O3. The largest absolute Gasteiger partial charge is 0.444 e. The molecule has 1 aromatic rings. The molecule has 0 saturated carbocycles. The Morgan fingerprint density at radius 3 is 2.29 bits per heavy atom. The van der Waals surface area contributed by atoms with Gasteiger partial charge in [0.1, 0.15) is 5.60 Å². The van der Waals surface area contributed by atoms with Crippen LogP contribution in [0.1, 0.15) is 31.1 Å². The van der Waals surface area contributed by atoms with E-state index in [0.29, 0.717) is 15.6 Å². The van der Waals surface area contributed by atoms with Gasteiger partial charge in [-0.2, -0.15) is 0 Å². The zero-order valence-corrected chi connectivity index (χ0v) is 13.6. The zero-order chi connectivity index (χ0) is 16.0. The summed E-state index contributed by atoms with van der Waals surface area (Å²) in [5.74, 6) is -0.292. The van der Waals surface area contributed by atoms with Crippen molar-refractivity contribution in [1.29, 1.82) is 0 Å². The summed E-state index contributed by atoms with van der Waals surface area (Å²) in [5.41, 5.74) is -0.144. The number of alkyl carbamates (subject to hydrolysis) is 1. The van der Waals surface area contributed by atoms with Crippen LogP contribution in [0.25, 0.3) is 0 Å². The lowest BCUT2D eigenvalue weighted by Crippen LogP contribution is -2.37. The summed E-state index contributed by atoms with van der Waals surface area (Å²) in [6.07, 6.45) is -0.522. The van der Waals surface area contributed by atoms with Gasteiger partial charge in [-0.05, 0) is 39.0 Å². The van der Waals surface area contributed by atoms with E-state index in [-0.39, 0.29) is 19.0 Å². The molecule has 7 heteroatoms. The van der Waals surface area contributed by atoms with Crippen LogP contribution in [0, 0.1) is 0 Å². The van der Waals surface area contributed by atoms with E-state index >= 15 is 0 Å². The van der Waals surface area contributed by atoms with Gasteiger partial charge in [-0.1, -0.05) is 23.2 Å². The van der Waals surface area contributed by atoms with Crippen molar-refractivity contribution in [2.45, 2.75) is 26.4 Å². The van der Waals surface area contributed by atoms with Gasteiger partial charge in [0.15, 0.2) is 0 Å². The van der Waals surface area contributed by atoms with E-state index in [1.165, 1.54) is 6.07 Å². The third-order valence-corrected chi connectivity index (χ3v) is 3.00. The molecule has 0 bridgehead atoms. The van der Waals surface area contributed by atoms with E-state index in [2.05, 4.69) is 10.6 Å². The highest BCUT2D eigenvalue weighted by Crippen LogP contribution is 2.22. The summed E-state index contributed by atoms with van der Waals surface area (Å²) in [7, 11) is 0. The molecule has 0 radical (unpaired) electrons. The first-order valence-electron chi connectivity index (χ1n) is 6.39. The molecule has 21 heavy (non-hydrogen) atoms. The second-order valence-electron chi connectivity index (χ2n) is 5.31. The summed E-state index contributed by atoms with van der Waals surface area (Å²) >= 11 is 11.6. The number of carbonyl (C=O) groups excluding carboxylic acids is 2. The molecule has 0 atom stereocenters. The fourth-order valence-electron chi connectivity index (χ4n) is 1.39. The van der Waals surface area contributed by atoms with Crippen LogP contribution in [0.4, 0.5) is 4.79 Å². The Bertz CT molecular complexity index is 527. The minimum absolute atomic E-state index is 0.266. The number of carbonyl (C=O) groups is 2. The van der Waals surface area contributed by atoms with Crippen molar-refractivity contribution in [2.75, 3.05) is 13.1 Å². The van der Waals surface area contributed by atoms with Crippen molar-refractivity contribution in [2.24, 2.45) is 0 Å². The fourth-order valence-corrected chi connectivity index (χ4v) is 1.69. The van der Waals surface area contributed by atoms with Gasteiger partial charge in [0.25, 0.3) is 5.91 Å². The molecule has 2 amide bonds. The molecule has 0 aliphatic heterocycles. The van der Waals surface area contributed by atoms with Crippen LogP contribution in [0.3, 0.4) is 0 Å². The van der Waals surface area contributed by atoms with Crippen LogP contribution in [0.15, 0.2) is 18.2 Å². The van der Waals surface area contributed by atoms with E-state index in [4.69, 9.17) is 27.9 Å². The minimum atomic E-state index is -0.548. The Labute approximate surface area is 133 Å². The predicted octanol–water partition coefficient (Wildman–Crippen LogP) is 3.25. The fraction of sp³-hybridized carbons (Fsp3) is 0.429. The Morgan fingerprint density at radius 2 is 1.71 bits per heavy atom. The van der Waals surface area contributed by atoms with Crippen molar-refractivity contribution in [1.82, 2.24) is 10.6 Å². The smallest absolute Gasteiger partial charge is 0.407 e. The first-order valence-corrected chi connectivity index (χ1v) is 7.15. The zero-order valence-electron chi connectivity index (χ0n) is 12.1. The molecule has 116 valence electrons. The van der Waals surface area contributed by atoms with Crippen molar-refractivity contribution in [3.05, 3.63) is 33.8 Å². The molecule has 5 nitrogen and oxygen atoms in total. The van der Waals surface area contributed by atoms with Gasteiger partial charge >= 0.3 is 6.09 Å². The van der Waals surface area contributed by atoms with Gasteiger partial charge in [-0.3, -0.25) is 4.79 Å². The van der Waals surface area contributed by atoms with Crippen LogP contribution in [0.2, 0.25) is 10.0 Å². The van der Waals surface area contributed by atoms with Crippen LogP contribution in [-0.2, 0) is 4.74 Å². The topological polar surface area (TPSA) is 67.4 Å². The third kappa shape index (κ3) is 6.69. The maximum Gasteiger partial charge on any atom is 0.407 e. The molecule has 2 N–H and O–H groups in total. The molecule has 0 saturated heterocycles. The molecular weight excluding hydrogens is 315 g/mol. The summed E-state index contributed by atoms with van der Waals surface area (Å²) in [5, 5.41) is 5.90. The minimum Gasteiger partial charge on any atom is -0.444 e. The second-order valence-corrected chi connectivity index (χ2v) is 6.13. The predicted molar refractivity (Wildman–Crippen MR) is 83.0 cm³/mol. The van der Waals surface area contributed by atoms with Crippen LogP contribution < -0.4 is 10.6 Å². The van der Waals surface area contributed by atoms with Gasteiger partial charge in [-0.15, -0.1) is 0 Å². The lowest BCUT2D eigenvalue weighted by Gasteiger charge is -2.19. The highest BCUT2D eigenvalue weighted by Gasteiger charge is 2.15. The molecule has 0 aliphatic rings. The summed E-state index contributed by atoms with van der Waals surface area (Å²) in [4.78, 5) is 23.2. The van der Waals surface area contributed by atoms with E-state index in [1.54, 1.807) is 32.9 Å². The summed E-state index contributed by atoms with van der Waals surface area (Å²) < 4.78 is 5.06. The summed E-state index contributed by atoms with van der Waals surface area (Å²) in [6.45, 7) is 5.87. The number of ether oxygens (including phenoxy) is 1. The molecule has 0 unspecified atom stereocenters. The lowest BCUT2D eigenvalue weighted by atomic mass is 10.2. The standard InChI is InChI=1S/C14H18Cl2N2O3/c1-14(2,3)21-13(20)18-7-6-17-12(19)9-4-5-10(15)11(16)8-9/h4-5,8H,6-7H2,1-3H3,(H,17,19)(H,18,20). The average molecular weight is 333 g/mol. The number of nitrogens with one attached hydrogen (secondary N) is 2. The first kappa shape index (κ1) is 17.6. The van der Waals surface area contributed by atoms with Gasteiger partial charge < -0.3 is 15.4 Å². The van der Waals surface area contributed by atoms with Gasteiger partial charge in [0.05, 0.1) is 10.0 Å². The van der Waals surface area contributed by atoms with E-state index < -0.39 is 11.7 Å². The van der Waals surface area contributed by atoms with E-state index in [9.17, 15) is 9.59 Å². The van der Waals surface area contributed by atoms with E-state index in [0.717, 1.165) is 0 Å². The Hall–Kier alpha value is -1.46. The Kier molecular flexibility index (Phi) is 6.30. The normalized spacial score (nSPS) is 10.9. The SMILES string of the molecule is CC(C)(C)OC(=O)NCCNC(=O)c1ccc(Cl)c(Cl)c1. The number of halogens is 2. The van der Waals surface area contributed by atoms with Gasteiger partial charge in [-0.25, -0.2) is 4.79 Å². The maximum absolute atomic E-state index is 11.8. The molecule has 0 spiro atoms. The third-order valence-electron chi connectivity index (χ3n) is 2.26. The molecule has 1 aromatic carbocycles. The molecule has 0 heterocycles. The van der Waals surface area contributed by atoms with Crippen molar-refractivity contribution in [3.8, 4) is 0 Å². The number of rotatable bonds is 4. The van der Waals surface area contributed by atoms with Crippen LogP contribution in [-0.4, -0.2) is 30.7 Å². The van der Waals surface area contributed by atoms with Crippen molar-refractivity contribution < 1.29 is 14.3 Å². The second kappa shape index (κ2) is 7.52. The monoisotopic (exact) mass is 332 g/mol. The van der Waals surface area contributed by atoms with Gasteiger partial charge in [0.2, 0.25) is 0 Å². The van der Waals surface area contributed by atoms with Crippen molar-refractivity contribution >= 4 is 35.2 Å². The summed E-state index contributed by atoms with van der Waals surface area (Å²) in [6, 6.07) is 4.61. The molecule has 1 rings (SSSR count). The number of amides is 2. The number of hydrogen-bond acceptors (Lipinski definition) is 3. The highest BCUT2D eigenvalue weighted by molar-refractivity contribution is 6.42. The Balaban J connectivity index is 2.34. The average Bonchev–Trinajstić information content (AvgIpc) is 2.35. The molecule has 0 fully saturated rings. The highest BCUT2D eigenvalue weighted by atomic mass is 35.5. The molecule has 0 aromatic heterocycles.